The standard InChI is InChI=1S/C17H24N6O5S/c1-4-5-29-16-19-14(18)11-15(20-16)23(22-21-11)8-6-9(26-7-10(24)25)13-12(8)27-17(2,3)28-13/h8-9,12-13H,4-7H2,1-3H3,(H,24,25)(H2,18,19,20)/t8?,9-,12-,13+/m0/s1. The van der Waals surface area contributed by atoms with E-state index in [1.807, 2.05) is 13.8 Å². The fourth-order valence-electron chi connectivity index (χ4n) is 3.80. The van der Waals surface area contributed by atoms with E-state index in [0.29, 0.717) is 22.7 Å². The Balaban J connectivity index is 1.68. The van der Waals surface area contributed by atoms with Crippen LogP contribution in [0.15, 0.2) is 5.16 Å². The van der Waals surface area contributed by atoms with Crippen LogP contribution < -0.4 is 5.73 Å². The van der Waals surface area contributed by atoms with Crippen molar-refractivity contribution in [2.45, 2.75) is 68.9 Å². The van der Waals surface area contributed by atoms with Crippen LogP contribution in [0.2, 0.25) is 0 Å². The van der Waals surface area contributed by atoms with Crippen LogP contribution in [0.4, 0.5) is 5.82 Å². The van der Waals surface area contributed by atoms with E-state index in [-0.39, 0.29) is 18.0 Å². The molecule has 29 heavy (non-hydrogen) atoms. The number of thioether (sulfide) groups is 1. The van der Waals surface area contributed by atoms with Crippen molar-refractivity contribution in [3.8, 4) is 0 Å². The summed E-state index contributed by atoms with van der Waals surface area (Å²) in [6.45, 7) is 5.30. The van der Waals surface area contributed by atoms with Gasteiger partial charge in [-0.1, -0.05) is 23.9 Å². The summed E-state index contributed by atoms with van der Waals surface area (Å²) in [5.74, 6) is -0.702. The molecule has 158 valence electrons. The molecule has 0 spiro atoms. The molecule has 4 rings (SSSR count). The van der Waals surface area contributed by atoms with Crippen LogP contribution in [0.25, 0.3) is 11.2 Å². The van der Waals surface area contributed by atoms with Crippen LogP contribution in [-0.2, 0) is 19.0 Å². The van der Waals surface area contributed by atoms with Crippen molar-refractivity contribution in [2.75, 3.05) is 18.1 Å². The van der Waals surface area contributed by atoms with Gasteiger partial charge in [0.25, 0.3) is 0 Å². The molecule has 2 aromatic rings. The number of nitrogens with two attached hydrogens (primary N) is 1. The monoisotopic (exact) mass is 424 g/mol. The fourth-order valence-corrected chi connectivity index (χ4v) is 4.50. The molecule has 0 bridgehead atoms. The Morgan fingerprint density at radius 3 is 2.86 bits per heavy atom. The third kappa shape index (κ3) is 3.89. The molecule has 3 heterocycles. The first-order valence-electron chi connectivity index (χ1n) is 9.49. The number of carboxylic acid groups (broad SMARTS) is 1. The summed E-state index contributed by atoms with van der Waals surface area (Å²) in [7, 11) is 0. The number of carbonyl (C=O) groups is 1. The molecule has 1 aliphatic heterocycles. The van der Waals surface area contributed by atoms with E-state index in [1.54, 1.807) is 4.68 Å². The highest BCUT2D eigenvalue weighted by Gasteiger charge is 2.56. The first-order chi connectivity index (χ1) is 13.8. The van der Waals surface area contributed by atoms with Crippen LogP contribution in [0.3, 0.4) is 0 Å². The van der Waals surface area contributed by atoms with Crippen LogP contribution >= 0.6 is 11.8 Å². The maximum atomic E-state index is 11.0. The Morgan fingerprint density at radius 1 is 1.38 bits per heavy atom. The second kappa shape index (κ2) is 7.67. The van der Waals surface area contributed by atoms with Gasteiger partial charge in [-0.05, 0) is 20.3 Å². The lowest BCUT2D eigenvalue weighted by atomic mass is 10.2. The Labute approximate surface area is 171 Å². The highest BCUT2D eigenvalue weighted by molar-refractivity contribution is 7.99. The number of aromatic nitrogens is 5. The van der Waals surface area contributed by atoms with Gasteiger partial charge in [-0.15, -0.1) is 5.10 Å². The van der Waals surface area contributed by atoms with Gasteiger partial charge < -0.3 is 25.1 Å². The van der Waals surface area contributed by atoms with Gasteiger partial charge in [-0.2, -0.15) is 0 Å². The zero-order chi connectivity index (χ0) is 20.8. The average Bonchev–Trinajstić information content (AvgIpc) is 3.29. The molecule has 0 radical (unpaired) electrons. The lowest BCUT2D eigenvalue weighted by Gasteiger charge is -2.23. The summed E-state index contributed by atoms with van der Waals surface area (Å²) in [5.41, 5.74) is 7.02. The number of nitrogen functional groups attached to an aromatic ring is 1. The van der Waals surface area contributed by atoms with Crippen molar-refractivity contribution >= 4 is 34.7 Å². The van der Waals surface area contributed by atoms with Gasteiger partial charge >= 0.3 is 5.97 Å². The summed E-state index contributed by atoms with van der Waals surface area (Å²) < 4.78 is 19.4. The minimum atomic E-state index is -1.03. The highest BCUT2D eigenvalue weighted by atomic mass is 32.2. The maximum absolute atomic E-state index is 11.0. The molecule has 2 fully saturated rings. The Morgan fingerprint density at radius 2 is 2.14 bits per heavy atom. The van der Waals surface area contributed by atoms with Crippen LogP contribution in [-0.4, -0.2) is 72.5 Å². The van der Waals surface area contributed by atoms with Gasteiger partial charge in [0.1, 0.15) is 18.8 Å². The minimum absolute atomic E-state index is 0.275. The van der Waals surface area contributed by atoms with E-state index >= 15 is 0 Å². The number of ether oxygens (including phenoxy) is 3. The highest BCUT2D eigenvalue weighted by Crippen LogP contribution is 2.45. The van der Waals surface area contributed by atoms with E-state index < -0.39 is 30.6 Å². The molecule has 2 aromatic heterocycles. The van der Waals surface area contributed by atoms with E-state index in [0.717, 1.165) is 12.2 Å². The second-order valence-electron chi connectivity index (χ2n) is 7.56. The van der Waals surface area contributed by atoms with Gasteiger partial charge in [0.2, 0.25) is 0 Å². The Hall–Kier alpha value is -2.02. The van der Waals surface area contributed by atoms with Gasteiger partial charge in [-0.3, -0.25) is 0 Å². The number of nitrogens with zero attached hydrogens (tertiary/aromatic N) is 5. The van der Waals surface area contributed by atoms with Gasteiger partial charge in [0, 0.05) is 12.2 Å². The lowest BCUT2D eigenvalue weighted by molar-refractivity contribution is -0.173. The van der Waals surface area contributed by atoms with Crippen molar-refractivity contribution in [2.24, 2.45) is 0 Å². The van der Waals surface area contributed by atoms with Crippen LogP contribution in [0.1, 0.15) is 39.7 Å². The largest absolute Gasteiger partial charge is 0.480 e. The second-order valence-corrected chi connectivity index (χ2v) is 8.62. The molecule has 2 aliphatic rings. The number of carboxylic acids is 1. The molecule has 1 saturated carbocycles. The number of fused-ring (bicyclic) bond motifs is 2. The van der Waals surface area contributed by atoms with Gasteiger partial charge in [0.15, 0.2) is 27.9 Å². The first kappa shape index (κ1) is 20.3. The maximum Gasteiger partial charge on any atom is 0.329 e. The summed E-state index contributed by atoms with van der Waals surface area (Å²) in [5, 5.41) is 18.0. The lowest BCUT2D eigenvalue weighted by Crippen LogP contribution is -2.32. The van der Waals surface area contributed by atoms with E-state index in [4.69, 9.17) is 25.1 Å². The predicted molar refractivity (Wildman–Crippen MR) is 103 cm³/mol. The fraction of sp³-hybridized carbons (Fsp3) is 0.706. The molecule has 1 aliphatic carbocycles. The van der Waals surface area contributed by atoms with Crippen molar-refractivity contribution in [3.05, 3.63) is 0 Å². The van der Waals surface area contributed by atoms with Crippen molar-refractivity contribution in [3.63, 3.8) is 0 Å². The Bertz CT molecular complexity index is 921. The van der Waals surface area contributed by atoms with Crippen molar-refractivity contribution in [1.29, 1.82) is 0 Å². The van der Waals surface area contributed by atoms with Gasteiger partial charge in [0.05, 0.1) is 12.1 Å². The smallest absolute Gasteiger partial charge is 0.329 e. The Kier molecular flexibility index (Phi) is 5.36. The van der Waals surface area contributed by atoms with E-state index in [1.165, 1.54) is 11.8 Å². The molecule has 3 N–H and O–H groups in total. The zero-order valence-corrected chi connectivity index (χ0v) is 17.3. The molecule has 11 nitrogen and oxygen atoms in total. The topological polar surface area (TPSA) is 148 Å². The molecule has 1 unspecified atom stereocenters. The molecular weight excluding hydrogens is 400 g/mol. The quantitative estimate of drug-likeness (QED) is 0.488. The molecular formula is C17H24N6O5S. The normalized spacial score (nSPS) is 28.1. The molecule has 12 heteroatoms. The third-order valence-electron chi connectivity index (χ3n) is 4.88. The average molecular weight is 424 g/mol. The number of rotatable bonds is 7. The molecule has 0 aromatic carbocycles. The first-order valence-corrected chi connectivity index (χ1v) is 10.5. The molecule has 1 saturated heterocycles. The number of anilines is 1. The van der Waals surface area contributed by atoms with Gasteiger partial charge in [-0.25, -0.2) is 19.4 Å². The summed E-state index contributed by atoms with van der Waals surface area (Å²) in [6, 6.07) is -0.288. The van der Waals surface area contributed by atoms with Crippen LogP contribution in [0, 0.1) is 0 Å². The number of aliphatic carboxylic acids is 1. The van der Waals surface area contributed by atoms with Crippen molar-refractivity contribution in [1.82, 2.24) is 25.0 Å². The summed E-state index contributed by atoms with van der Waals surface area (Å²) in [4.78, 5) is 19.9. The van der Waals surface area contributed by atoms with E-state index in [2.05, 4.69) is 27.2 Å². The SMILES string of the molecule is CCCSc1nc(N)c2nnn(C3C[C@H](OCC(=O)O)[C@H]4OC(C)(C)O[C@@H]34)c2n1. The van der Waals surface area contributed by atoms with E-state index in [9.17, 15) is 4.79 Å². The zero-order valence-electron chi connectivity index (χ0n) is 16.4. The molecule has 4 atom stereocenters. The number of hydrogen-bond acceptors (Lipinski definition) is 10. The van der Waals surface area contributed by atoms with Crippen LogP contribution in [0.5, 0.6) is 0 Å². The van der Waals surface area contributed by atoms with Crippen molar-refractivity contribution < 1.29 is 24.1 Å². The molecule has 0 amide bonds. The number of hydrogen-bond donors (Lipinski definition) is 2. The summed E-state index contributed by atoms with van der Waals surface area (Å²) >= 11 is 1.52. The minimum Gasteiger partial charge on any atom is -0.480 e. The third-order valence-corrected chi connectivity index (χ3v) is 5.94. The summed E-state index contributed by atoms with van der Waals surface area (Å²) in [6.07, 6.45) is 0.200. The predicted octanol–water partition coefficient (Wildman–Crippen LogP) is 1.24.